The van der Waals surface area contributed by atoms with E-state index < -0.39 is 16.2 Å². The molecule has 0 heterocycles. The molecule has 0 radical (unpaired) electrons. The Hall–Kier alpha value is 0.01000. The molecule has 0 aliphatic rings. The summed E-state index contributed by atoms with van der Waals surface area (Å²) in [5.74, 6) is -0.634. The Morgan fingerprint density at radius 1 is 1.42 bits per heavy atom. The Morgan fingerprint density at radius 3 is 2.25 bits per heavy atom. The van der Waals surface area contributed by atoms with Gasteiger partial charge in [0.25, 0.3) is 0 Å². The number of rotatable bonds is 3. The van der Waals surface area contributed by atoms with Crippen LogP contribution in [0.15, 0.2) is 5.16 Å². The molecule has 1 unspecified atom stereocenters. The van der Waals surface area contributed by atoms with Crippen molar-refractivity contribution in [2.75, 3.05) is 0 Å². The van der Waals surface area contributed by atoms with E-state index in [1.807, 2.05) is 0 Å². The van der Waals surface area contributed by atoms with Gasteiger partial charge in [-0.25, -0.2) is 4.79 Å². The summed E-state index contributed by atoms with van der Waals surface area (Å²) in [6.45, 7) is 3.02. The van der Waals surface area contributed by atoms with E-state index in [0.29, 0.717) is 5.71 Å². The lowest BCUT2D eigenvalue weighted by atomic mass is 10.5. The Labute approximate surface area is 85.6 Å². The summed E-state index contributed by atoms with van der Waals surface area (Å²) >= 11 is 16.2. The molecule has 3 nitrogen and oxygen atoms in total. The maximum Gasteiger partial charge on any atom is 0.352 e. The number of carbonyl (C=O) groups excluding carboxylic acids is 1. The highest BCUT2D eigenvalue weighted by atomic mass is 35.5. The number of halogens is 3. The summed E-state index contributed by atoms with van der Waals surface area (Å²) < 4.78 is 0. The third-order valence-corrected chi connectivity index (χ3v) is 1.73. The van der Waals surface area contributed by atoms with E-state index in [9.17, 15) is 4.79 Å². The highest BCUT2D eigenvalue weighted by Gasteiger charge is 2.11. The first kappa shape index (κ1) is 12.0. The van der Waals surface area contributed by atoms with Gasteiger partial charge in [-0.15, -0.1) is 11.6 Å². The average molecular weight is 232 g/mol. The molecule has 0 N–H and O–H groups in total. The second kappa shape index (κ2) is 5.62. The van der Waals surface area contributed by atoms with Crippen LogP contribution in [-0.4, -0.2) is 21.9 Å². The van der Waals surface area contributed by atoms with Crippen molar-refractivity contribution in [3.05, 3.63) is 0 Å². The zero-order chi connectivity index (χ0) is 9.72. The van der Waals surface area contributed by atoms with Gasteiger partial charge in [0.15, 0.2) is 0 Å². The van der Waals surface area contributed by atoms with Crippen LogP contribution in [-0.2, 0) is 9.63 Å². The molecule has 1 atom stereocenters. The monoisotopic (exact) mass is 231 g/mol. The van der Waals surface area contributed by atoms with Crippen LogP contribution < -0.4 is 0 Å². The van der Waals surface area contributed by atoms with Gasteiger partial charge in [-0.05, 0) is 13.8 Å². The predicted octanol–water partition coefficient (Wildman–Crippen LogP) is 2.34. The molecule has 0 aliphatic heterocycles. The highest BCUT2D eigenvalue weighted by Crippen LogP contribution is 2.05. The van der Waals surface area contributed by atoms with Crippen molar-refractivity contribution in [1.82, 2.24) is 0 Å². The SMILES string of the molecule is CC(=NOC(=O)C(C)Cl)C(Cl)Cl. The van der Waals surface area contributed by atoms with E-state index in [1.54, 1.807) is 0 Å². The van der Waals surface area contributed by atoms with Gasteiger partial charge in [-0.2, -0.15) is 0 Å². The van der Waals surface area contributed by atoms with Crippen molar-refractivity contribution in [1.29, 1.82) is 0 Å². The van der Waals surface area contributed by atoms with Crippen molar-refractivity contribution in [2.24, 2.45) is 5.16 Å². The van der Waals surface area contributed by atoms with Gasteiger partial charge in [0.2, 0.25) is 0 Å². The molecule has 0 aromatic heterocycles. The number of nitrogens with zero attached hydrogens (tertiary/aromatic N) is 1. The topological polar surface area (TPSA) is 38.7 Å². The second-order valence-corrected chi connectivity index (χ2v) is 3.81. The molecule has 6 heteroatoms. The maximum absolute atomic E-state index is 10.7. The predicted molar refractivity (Wildman–Crippen MR) is 50.0 cm³/mol. The van der Waals surface area contributed by atoms with Crippen LogP contribution in [0.3, 0.4) is 0 Å². The van der Waals surface area contributed by atoms with Crippen molar-refractivity contribution >= 4 is 46.5 Å². The fourth-order valence-electron chi connectivity index (χ4n) is 0.229. The van der Waals surface area contributed by atoms with Crippen LogP contribution in [0.2, 0.25) is 0 Å². The van der Waals surface area contributed by atoms with Crippen LogP contribution in [0, 0.1) is 0 Å². The van der Waals surface area contributed by atoms with Gasteiger partial charge >= 0.3 is 5.97 Å². The van der Waals surface area contributed by atoms with Crippen molar-refractivity contribution in [3.8, 4) is 0 Å². The first-order valence-electron chi connectivity index (χ1n) is 3.12. The number of oxime groups is 1. The first-order valence-corrected chi connectivity index (χ1v) is 4.43. The summed E-state index contributed by atoms with van der Waals surface area (Å²) in [4.78, 5) is 14.3. The summed E-state index contributed by atoms with van der Waals surface area (Å²) in [5.41, 5.74) is 0.309. The molecular weight excluding hydrogens is 224 g/mol. The first-order chi connectivity index (χ1) is 5.45. The minimum atomic E-state index is -0.775. The molecule has 0 bridgehead atoms. The van der Waals surface area contributed by atoms with Crippen molar-refractivity contribution < 1.29 is 9.63 Å². The van der Waals surface area contributed by atoms with Crippen molar-refractivity contribution in [3.63, 3.8) is 0 Å². The summed E-state index contributed by atoms with van der Waals surface area (Å²) in [7, 11) is 0. The van der Waals surface area contributed by atoms with Crippen molar-refractivity contribution in [2.45, 2.75) is 24.1 Å². The summed E-state index contributed by atoms with van der Waals surface area (Å²) in [6, 6.07) is 0. The zero-order valence-corrected chi connectivity index (χ0v) is 8.82. The van der Waals surface area contributed by atoms with Gasteiger partial charge in [0.05, 0.1) is 5.71 Å². The Bertz CT molecular complexity index is 191. The minimum Gasteiger partial charge on any atom is -0.317 e. The molecule has 0 amide bonds. The highest BCUT2D eigenvalue weighted by molar-refractivity contribution is 6.54. The van der Waals surface area contributed by atoms with Gasteiger partial charge in [0, 0.05) is 0 Å². The van der Waals surface area contributed by atoms with E-state index >= 15 is 0 Å². The van der Waals surface area contributed by atoms with E-state index in [2.05, 4.69) is 9.99 Å². The second-order valence-electron chi connectivity index (χ2n) is 2.06. The molecule has 0 aromatic carbocycles. The fraction of sp³-hybridized carbons (Fsp3) is 0.667. The van der Waals surface area contributed by atoms with E-state index in [0.717, 1.165) is 0 Å². The van der Waals surface area contributed by atoms with Gasteiger partial charge in [-0.1, -0.05) is 28.4 Å². The lowest BCUT2D eigenvalue weighted by Crippen LogP contribution is -2.13. The molecule has 0 spiro atoms. The van der Waals surface area contributed by atoms with E-state index in [-0.39, 0.29) is 0 Å². The standard InChI is InChI=1S/C6H8Cl3NO2/c1-3(7)6(11)12-10-4(2)5(8)9/h3,5H,1-2H3. The molecule has 0 aromatic rings. The van der Waals surface area contributed by atoms with Gasteiger partial charge in [-0.3, -0.25) is 0 Å². The largest absolute Gasteiger partial charge is 0.352 e. The molecule has 0 rings (SSSR count). The van der Waals surface area contributed by atoms with Crippen LogP contribution in [0.1, 0.15) is 13.8 Å². The van der Waals surface area contributed by atoms with E-state index in [1.165, 1.54) is 13.8 Å². The lowest BCUT2D eigenvalue weighted by Gasteiger charge is -2.01. The number of hydrogen-bond acceptors (Lipinski definition) is 3. The van der Waals surface area contributed by atoms with Crippen LogP contribution in [0.4, 0.5) is 0 Å². The van der Waals surface area contributed by atoms with Gasteiger partial charge in [0.1, 0.15) is 10.2 Å². The Kier molecular flexibility index (Phi) is 5.63. The molecule has 0 aliphatic carbocycles. The smallest absolute Gasteiger partial charge is 0.317 e. The molecular formula is C6H8Cl3NO2. The summed E-state index contributed by atoms with van der Waals surface area (Å²) in [5, 5.41) is 2.63. The quantitative estimate of drug-likeness (QED) is 0.324. The Morgan fingerprint density at radius 2 is 1.92 bits per heavy atom. The number of alkyl halides is 3. The number of carbonyl (C=O) groups is 1. The fourth-order valence-corrected chi connectivity index (χ4v) is 0.349. The molecule has 0 saturated carbocycles. The molecule has 70 valence electrons. The van der Waals surface area contributed by atoms with Crippen LogP contribution >= 0.6 is 34.8 Å². The summed E-state index contributed by atoms with van der Waals surface area (Å²) in [6.07, 6.45) is 0. The average Bonchev–Trinajstić information content (AvgIpc) is 1.98. The normalized spacial score (nSPS) is 14.7. The molecule has 12 heavy (non-hydrogen) atoms. The number of hydrogen-bond donors (Lipinski definition) is 0. The lowest BCUT2D eigenvalue weighted by molar-refractivity contribution is -0.142. The maximum atomic E-state index is 10.7. The van der Waals surface area contributed by atoms with E-state index in [4.69, 9.17) is 34.8 Å². The molecule has 0 saturated heterocycles. The van der Waals surface area contributed by atoms with Gasteiger partial charge < -0.3 is 4.84 Å². The van der Waals surface area contributed by atoms with Crippen LogP contribution in [0.25, 0.3) is 0 Å². The Balaban J connectivity index is 3.96. The van der Waals surface area contributed by atoms with Crippen LogP contribution in [0.5, 0.6) is 0 Å². The molecule has 0 fully saturated rings. The third kappa shape index (κ3) is 4.80. The zero-order valence-electron chi connectivity index (χ0n) is 6.55. The third-order valence-electron chi connectivity index (χ3n) is 0.920. The minimum absolute atomic E-state index is 0.309.